The summed E-state index contributed by atoms with van der Waals surface area (Å²) >= 11 is 0. The first-order valence-electron chi connectivity index (χ1n) is 9.34. The third-order valence-corrected chi connectivity index (χ3v) is 5.11. The van der Waals surface area contributed by atoms with Gasteiger partial charge in [0.05, 0.1) is 12.0 Å². The Labute approximate surface area is 160 Å². The molecule has 2 aromatic rings. The van der Waals surface area contributed by atoms with Crippen LogP contribution in [0.5, 0.6) is 0 Å². The summed E-state index contributed by atoms with van der Waals surface area (Å²) < 4.78 is 5.21. The molecule has 5 nitrogen and oxygen atoms in total. The van der Waals surface area contributed by atoms with Gasteiger partial charge in [-0.15, -0.1) is 0 Å². The number of benzene rings is 2. The second kappa shape index (κ2) is 7.82. The van der Waals surface area contributed by atoms with E-state index in [0.717, 1.165) is 12.1 Å². The average molecular weight is 366 g/mol. The summed E-state index contributed by atoms with van der Waals surface area (Å²) in [5.74, 6) is -0.245. The van der Waals surface area contributed by atoms with Crippen molar-refractivity contribution < 1.29 is 14.3 Å². The number of ether oxygens (including phenoxy) is 1. The maximum absolute atomic E-state index is 12.1. The van der Waals surface area contributed by atoms with E-state index in [9.17, 15) is 9.59 Å². The van der Waals surface area contributed by atoms with Crippen molar-refractivity contribution in [2.24, 2.45) is 5.41 Å². The molecule has 1 aliphatic rings. The van der Waals surface area contributed by atoms with Gasteiger partial charge in [0.1, 0.15) is 6.61 Å². The Bertz CT molecular complexity index is 858. The third kappa shape index (κ3) is 4.30. The number of rotatable bonds is 6. The number of fused-ring (bicyclic) bond motifs is 3. The number of amides is 2. The summed E-state index contributed by atoms with van der Waals surface area (Å²) in [6, 6.07) is 14.0. The van der Waals surface area contributed by atoms with Crippen molar-refractivity contribution in [3.05, 3.63) is 53.6 Å². The van der Waals surface area contributed by atoms with E-state index in [1.54, 1.807) is 0 Å². The van der Waals surface area contributed by atoms with Crippen molar-refractivity contribution in [2.45, 2.75) is 33.6 Å². The van der Waals surface area contributed by atoms with E-state index in [4.69, 9.17) is 4.74 Å². The highest BCUT2D eigenvalue weighted by Gasteiger charge is 2.26. The molecule has 0 unspecified atom stereocenters. The van der Waals surface area contributed by atoms with Crippen molar-refractivity contribution in [2.75, 3.05) is 18.5 Å². The first kappa shape index (κ1) is 19.0. The van der Waals surface area contributed by atoms with Crippen LogP contribution < -0.4 is 10.6 Å². The number of carbonyl (C=O) groups excluding carboxylic acids is 2. The fourth-order valence-corrected chi connectivity index (χ4v) is 3.05. The maximum Gasteiger partial charge on any atom is 0.319 e. The Morgan fingerprint density at radius 3 is 2.59 bits per heavy atom. The first-order chi connectivity index (χ1) is 12.9. The van der Waals surface area contributed by atoms with Gasteiger partial charge in [-0.3, -0.25) is 4.79 Å². The molecule has 0 spiro atoms. The van der Waals surface area contributed by atoms with Crippen LogP contribution in [0.2, 0.25) is 0 Å². The van der Waals surface area contributed by atoms with Crippen molar-refractivity contribution >= 4 is 17.7 Å². The highest BCUT2D eigenvalue weighted by molar-refractivity contribution is 5.90. The molecule has 0 heterocycles. The largest absolute Gasteiger partial charge is 0.463 e. The minimum Gasteiger partial charge on any atom is -0.463 e. The Kier molecular flexibility index (Phi) is 5.49. The van der Waals surface area contributed by atoms with Crippen LogP contribution >= 0.6 is 0 Å². The lowest BCUT2D eigenvalue weighted by atomic mass is 9.91. The van der Waals surface area contributed by atoms with E-state index in [1.165, 1.54) is 22.3 Å². The topological polar surface area (TPSA) is 67.4 Å². The molecule has 142 valence electrons. The van der Waals surface area contributed by atoms with Gasteiger partial charge in [0.15, 0.2) is 0 Å². The van der Waals surface area contributed by atoms with Crippen LogP contribution in [0, 0.1) is 5.41 Å². The van der Waals surface area contributed by atoms with Gasteiger partial charge in [-0.1, -0.05) is 37.3 Å². The standard InChI is InChI=1S/C22H26N2O3/c1-4-22(2,3)20(25)27-12-11-23-21(26)24-17-9-10-19-16(14-17)13-15-7-5-6-8-18(15)19/h5-10,14H,4,11-13H2,1-3H3,(H2,23,24,26). The van der Waals surface area contributed by atoms with Crippen molar-refractivity contribution in [3.63, 3.8) is 0 Å². The molecule has 0 bridgehead atoms. The summed E-state index contributed by atoms with van der Waals surface area (Å²) in [5, 5.41) is 5.55. The summed E-state index contributed by atoms with van der Waals surface area (Å²) in [7, 11) is 0. The van der Waals surface area contributed by atoms with E-state index in [0.29, 0.717) is 6.42 Å². The van der Waals surface area contributed by atoms with E-state index in [1.807, 2.05) is 51.1 Å². The molecule has 0 aliphatic heterocycles. The second-order valence-electron chi connectivity index (χ2n) is 7.46. The molecule has 0 atom stereocenters. The average Bonchev–Trinajstić information content (AvgIpc) is 3.02. The normalized spacial score (nSPS) is 12.1. The van der Waals surface area contributed by atoms with Crippen LogP contribution in [0.25, 0.3) is 11.1 Å². The zero-order valence-electron chi connectivity index (χ0n) is 16.1. The SMILES string of the molecule is CCC(C)(C)C(=O)OCCNC(=O)Nc1ccc2c(c1)Cc1ccccc1-2. The zero-order valence-corrected chi connectivity index (χ0v) is 16.1. The minimum atomic E-state index is -0.496. The Balaban J connectivity index is 1.48. The van der Waals surface area contributed by atoms with Gasteiger partial charge in [0.2, 0.25) is 0 Å². The fourth-order valence-electron chi connectivity index (χ4n) is 3.05. The third-order valence-electron chi connectivity index (χ3n) is 5.11. The number of hydrogen-bond donors (Lipinski definition) is 2. The number of esters is 1. The summed E-state index contributed by atoms with van der Waals surface area (Å²) in [6.07, 6.45) is 1.59. The van der Waals surface area contributed by atoms with Gasteiger partial charge in [-0.25, -0.2) is 4.79 Å². The van der Waals surface area contributed by atoms with Gasteiger partial charge in [-0.05, 0) is 61.1 Å². The fraction of sp³-hybridized carbons (Fsp3) is 0.364. The lowest BCUT2D eigenvalue weighted by Crippen LogP contribution is -2.34. The Morgan fingerprint density at radius 1 is 1.07 bits per heavy atom. The van der Waals surface area contributed by atoms with Gasteiger partial charge >= 0.3 is 12.0 Å². The number of hydrogen-bond acceptors (Lipinski definition) is 3. The molecular formula is C22H26N2O3. The molecule has 2 aromatic carbocycles. The van der Waals surface area contributed by atoms with Gasteiger partial charge in [0, 0.05) is 5.69 Å². The van der Waals surface area contributed by atoms with Crippen LogP contribution in [-0.4, -0.2) is 25.2 Å². The van der Waals surface area contributed by atoms with Gasteiger partial charge < -0.3 is 15.4 Å². The summed E-state index contributed by atoms with van der Waals surface area (Å²) in [6.45, 7) is 6.08. The Hall–Kier alpha value is -2.82. The predicted molar refractivity (Wildman–Crippen MR) is 107 cm³/mol. The maximum atomic E-state index is 12.1. The van der Waals surface area contributed by atoms with Crippen molar-refractivity contribution in [3.8, 4) is 11.1 Å². The molecule has 2 N–H and O–H groups in total. The first-order valence-corrected chi connectivity index (χ1v) is 9.34. The predicted octanol–water partition coefficient (Wildman–Crippen LogP) is 4.36. The zero-order chi connectivity index (χ0) is 19.4. The molecule has 0 saturated carbocycles. The van der Waals surface area contributed by atoms with Crippen LogP contribution in [-0.2, 0) is 16.0 Å². The van der Waals surface area contributed by atoms with E-state index in [-0.39, 0.29) is 25.2 Å². The van der Waals surface area contributed by atoms with Crippen LogP contribution in [0.15, 0.2) is 42.5 Å². The lowest BCUT2D eigenvalue weighted by molar-refractivity contribution is -0.153. The molecule has 2 amide bonds. The smallest absolute Gasteiger partial charge is 0.319 e. The van der Waals surface area contributed by atoms with E-state index in [2.05, 4.69) is 22.8 Å². The number of urea groups is 1. The highest BCUT2D eigenvalue weighted by Crippen LogP contribution is 2.37. The molecule has 0 radical (unpaired) electrons. The monoisotopic (exact) mass is 366 g/mol. The van der Waals surface area contributed by atoms with Crippen LogP contribution in [0.3, 0.4) is 0 Å². The summed E-state index contributed by atoms with van der Waals surface area (Å²) in [4.78, 5) is 23.9. The molecule has 0 saturated heterocycles. The molecule has 0 fully saturated rings. The van der Waals surface area contributed by atoms with E-state index >= 15 is 0 Å². The van der Waals surface area contributed by atoms with E-state index < -0.39 is 5.41 Å². The number of carbonyl (C=O) groups is 2. The molecular weight excluding hydrogens is 340 g/mol. The lowest BCUT2D eigenvalue weighted by Gasteiger charge is -2.20. The van der Waals surface area contributed by atoms with Gasteiger partial charge in [0.25, 0.3) is 0 Å². The molecule has 3 rings (SSSR count). The molecule has 27 heavy (non-hydrogen) atoms. The van der Waals surface area contributed by atoms with Gasteiger partial charge in [-0.2, -0.15) is 0 Å². The Morgan fingerprint density at radius 2 is 1.81 bits per heavy atom. The summed E-state index contributed by atoms with van der Waals surface area (Å²) in [5.41, 5.74) is 5.27. The molecule has 5 heteroatoms. The highest BCUT2D eigenvalue weighted by atomic mass is 16.5. The van der Waals surface area contributed by atoms with Crippen molar-refractivity contribution in [1.82, 2.24) is 5.32 Å². The van der Waals surface area contributed by atoms with Crippen LogP contribution in [0.4, 0.5) is 10.5 Å². The molecule has 0 aromatic heterocycles. The van der Waals surface area contributed by atoms with Crippen LogP contribution in [0.1, 0.15) is 38.3 Å². The number of anilines is 1. The number of nitrogens with one attached hydrogen (secondary N) is 2. The quantitative estimate of drug-likeness (QED) is 0.503. The second-order valence-corrected chi connectivity index (χ2v) is 7.46. The molecule has 1 aliphatic carbocycles. The van der Waals surface area contributed by atoms with Crippen molar-refractivity contribution in [1.29, 1.82) is 0 Å². The minimum absolute atomic E-state index is 0.162.